The van der Waals surface area contributed by atoms with Crippen LogP contribution >= 0.6 is 0 Å². The summed E-state index contributed by atoms with van der Waals surface area (Å²) < 4.78 is 9.01. The molecule has 0 atom stereocenters. The molecule has 18 heavy (non-hydrogen) atoms. The van der Waals surface area contributed by atoms with Gasteiger partial charge in [0.1, 0.15) is 0 Å². The summed E-state index contributed by atoms with van der Waals surface area (Å²) >= 11 is 0. The molecule has 0 unspecified atom stereocenters. The Kier molecular flexibility index (Phi) is 2.19. The molecule has 1 aliphatic carbocycles. The Bertz CT molecular complexity index is 525. The largest absolute Gasteiger partial charge is 0.386 e. The van der Waals surface area contributed by atoms with Crippen molar-refractivity contribution in [2.45, 2.75) is 25.7 Å². The van der Waals surface area contributed by atoms with E-state index in [9.17, 15) is 19.2 Å². The third-order valence-corrected chi connectivity index (χ3v) is 3.23. The van der Waals surface area contributed by atoms with Gasteiger partial charge in [-0.15, -0.1) is 0 Å². The number of fused-ring (bicyclic) bond motifs is 1. The van der Waals surface area contributed by atoms with Gasteiger partial charge in [-0.05, 0) is 25.7 Å². The fourth-order valence-corrected chi connectivity index (χ4v) is 2.41. The van der Waals surface area contributed by atoms with Crippen molar-refractivity contribution in [3.63, 3.8) is 0 Å². The van der Waals surface area contributed by atoms with E-state index in [2.05, 4.69) is 9.47 Å². The number of esters is 4. The Labute approximate surface area is 101 Å². The van der Waals surface area contributed by atoms with Crippen molar-refractivity contribution in [1.82, 2.24) is 0 Å². The maximum absolute atomic E-state index is 11.6. The molecule has 2 aliphatic heterocycles. The van der Waals surface area contributed by atoms with Crippen LogP contribution in [0.2, 0.25) is 0 Å². The van der Waals surface area contributed by atoms with Gasteiger partial charge < -0.3 is 9.47 Å². The van der Waals surface area contributed by atoms with E-state index in [4.69, 9.17) is 0 Å². The third-order valence-electron chi connectivity index (χ3n) is 3.23. The zero-order valence-electron chi connectivity index (χ0n) is 9.28. The van der Waals surface area contributed by atoms with Crippen molar-refractivity contribution in [2.75, 3.05) is 0 Å². The van der Waals surface area contributed by atoms with E-state index in [1.165, 1.54) is 0 Å². The number of ether oxygens (including phenoxy) is 2. The summed E-state index contributed by atoms with van der Waals surface area (Å²) in [4.78, 5) is 46.2. The van der Waals surface area contributed by atoms with Crippen LogP contribution in [0.25, 0.3) is 0 Å². The van der Waals surface area contributed by atoms with Crippen molar-refractivity contribution in [3.8, 4) is 0 Å². The van der Waals surface area contributed by atoms with Crippen molar-refractivity contribution >= 4 is 23.9 Å². The Hall–Kier alpha value is -2.24. The number of hydrogen-bond acceptors (Lipinski definition) is 6. The predicted molar refractivity (Wildman–Crippen MR) is 54.7 cm³/mol. The first kappa shape index (κ1) is 10.9. The summed E-state index contributed by atoms with van der Waals surface area (Å²) in [5, 5.41) is 0. The number of carbonyl (C=O) groups is 4. The normalized spacial score (nSPS) is 23.6. The summed E-state index contributed by atoms with van der Waals surface area (Å²) in [6, 6.07) is 0. The summed E-state index contributed by atoms with van der Waals surface area (Å²) in [6.45, 7) is 0. The first-order valence-electron chi connectivity index (χ1n) is 5.59. The summed E-state index contributed by atoms with van der Waals surface area (Å²) in [7, 11) is 0. The number of hydrogen-bond donors (Lipinski definition) is 0. The Balaban J connectivity index is 2.25. The molecule has 0 spiro atoms. The number of rotatable bonds is 0. The molecule has 0 aromatic carbocycles. The summed E-state index contributed by atoms with van der Waals surface area (Å²) in [6.07, 6.45) is 2.05. The van der Waals surface area contributed by atoms with Gasteiger partial charge in [0.2, 0.25) is 0 Å². The van der Waals surface area contributed by atoms with Gasteiger partial charge in [-0.3, -0.25) is 0 Å². The number of cyclic esters (lactones) is 4. The third kappa shape index (κ3) is 1.35. The maximum atomic E-state index is 11.6. The van der Waals surface area contributed by atoms with Crippen LogP contribution < -0.4 is 0 Å². The van der Waals surface area contributed by atoms with E-state index >= 15 is 0 Å². The van der Waals surface area contributed by atoms with Crippen molar-refractivity contribution in [1.29, 1.82) is 0 Å². The molecule has 0 bridgehead atoms. The standard InChI is InChI=1S/C12H8O6/c13-9-5-3-1-2-4-6-8(7(5)11(15)17-9)12(16)18-10(6)14/h1-4H2. The lowest BCUT2D eigenvalue weighted by Gasteiger charge is -2.07. The maximum Gasteiger partial charge on any atom is 0.347 e. The molecule has 0 amide bonds. The smallest absolute Gasteiger partial charge is 0.347 e. The molecule has 0 aromatic rings. The minimum atomic E-state index is -0.865. The van der Waals surface area contributed by atoms with Crippen molar-refractivity contribution in [2.24, 2.45) is 0 Å². The second kappa shape index (κ2) is 3.63. The highest BCUT2D eigenvalue weighted by molar-refractivity contribution is 6.25. The molecule has 0 radical (unpaired) electrons. The molecule has 0 fully saturated rings. The molecule has 0 aromatic heterocycles. The van der Waals surface area contributed by atoms with E-state index in [1.54, 1.807) is 0 Å². The SMILES string of the molecule is O=C1OC(=O)C2=C1CCCCC1=C2C(=O)OC1=O. The molecule has 6 nitrogen and oxygen atoms in total. The molecular formula is C12H8O6. The molecule has 0 saturated carbocycles. The molecule has 0 N–H and O–H groups in total. The zero-order chi connectivity index (χ0) is 12.9. The predicted octanol–water partition coefficient (Wildman–Crippen LogP) is 0.320. The van der Waals surface area contributed by atoms with Crippen LogP contribution in [0.3, 0.4) is 0 Å². The van der Waals surface area contributed by atoms with Crippen molar-refractivity contribution < 1.29 is 28.7 Å². The van der Waals surface area contributed by atoms with Crippen LogP contribution in [0, 0.1) is 0 Å². The van der Waals surface area contributed by atoms with Gasteiger partial charge in [-0.25, -0.2) is 19.2 Å². The molecule has 0 saturated heterocycles. The summed E-state index contributed by atoms with van der Waals surface area (Å²) in [5.41, 5.74) is 0.203. The number of carbonyl (C=O) groups excluding carboxylic acids is 4. The Morgan fingerprint density at radius 1 is 0.611 bits per heavy atom. The molecule has 92 valence electrons. The van der Waals surface area contributed by atoms with Gasteiger partial charge in [-0.2, -0.15) is 0 Å². The zero-order valence-corrected chi connectivity index (χ0v) is 9.28. The average molecular weight is 248 g/mol. The molecule has 6 heteroatoms. The second-order valence-corrected chi connectivity index (χ2v) is 4.27. The van der Waals surface area contributed by atoms with Gasteiger partial charge in [0.25, 0.3) is 0 Å². The molecule has 2 heterocycles. The quantitative estimate of drug-likeness (QED) is 0.453. The monoisotopic (exact) mass is 248 g/mol. The fraction of sp³-hybridized carbons (Fsp3) is 0.333. The van der Waals surface area contributed by atoms with E-state index in [-0.39, 0.29) is 22.3 Å². The Morgan fingerprint density at radius 2 is 1.00 bits per heavy atom. The second-order valence-electron chi connectivity index (χ2n) is 4.27. The van der Waals surface area contributed by atoms with Crippen LogP contribution in [0.1, 0.15) is 25.7 Å². The van der Waals surface area contributed by atoms with Gasteiger partial charge >= 0.3 is 23.9 Å². The lowest BCUT2D eigenvalue weighted by atomic mass is 9.90. The van der Waals surface area contributed by atoms with Gasteiger partial charge in [0.05, 0.1) is 22.3 Å². The average Bonchev–Trinajstić information content (AvgIpc) is 2.66. The Morgan fingerprint density at radius 3 is 1.39 bits per heavy atom. The van der Waals surface area contributed by atoms with E-state index in [0.717, 1.165) is 0 Å². The van der Waals surface area contributed by atoms with Gasteiger partial charge in [0, 0.05) is 0 Å². The van der Waals surface area contributed by atoms with Crippen molar-refractivity contribution in [3.05, 3.63) is 22.3 Å². The van der Waals surface area contributed by atoms with Crippen LogP contribution in [0.5, 0.6) is 0 Å². The molecule has 3 aliphatic rings. The van der Waals surface area contributed by atoms with Gasteiger partial charge in [0.15, 0.2) is 0 Å². The van der Waals surface area contributed by atoms with Crippen LogP contribution in [-0.2, 0) is 28.7 Å². The van der Waals surface area contributed by atoms with E-state index in [0.29, 0.717) is 25.7 Å². The van der Waals surface area contributed by atoms with Gasteiger partial charge in [-0.1, -0.05) is 0 Å². The van der Waals surface area contributed by atoms with Crippen LogP contribution in [0.4, 0.5) is 0 Å². The minimum Gasteiger partial charge on any atom is -0.386 e. The summed E-state index contributed by atoms with van der Waals surface area (Å²) in [5.74, 6) is -3.18. The highest BCUT2D eigenvalue weighted by Crippen LogP contribution is 2.37. The molecular weight excluding hydrogens is 240 g/mol. The highest BCUT2D eigenvalue weighted by Gasteiger charge is 2.44. The first-order valence-corrected chi connectivity index (χ1v) is 5.59. The fourth-order valence-electron chi connectivity index (χ4n) is 2.41. The lowest BCUT2D eigenvalue weighted by Crippen LogP contribution is -2.10. The van der Waals surface area contributed by atoms with Crippen LogP contribution in [0.15, 0.2) is 22.3 Å². The minimum absolute atomic E-state index is 0.0782. The first-order chi connectivity index (χ1) is 8.59. The van der Waals surface area contributed by atoms with E-state index < -0.39 is 23.9 Å². The van der Waals surface area contributed by atoms with Crippen LogP contribution in [-0.4, -0.2) is 23.9 Å². The highest BCUT2D eigenvalue weighted by atomic mass is 16.6. The lowest BCUT2D eigenvalue weighted by molar-refractivity contribution is -0.154. The molecule has 3 rings (SSSR count). The van der Waals surface area contributed by atoms with E-state index in [1.807, 2.05) is 0 Å². The topological polar surface area (TPSA) is 86.7 Å².